The molecule has 3 rings (SSSR count). The van der Waals surface area contributed by atoms with Gasteiger partial charge in [-0.15, -0.1) is 0 Å². The van der Waals surface area contributed by atoms with Crippen LogP contribution in [-0.4, -0.2) is 5.78 Å². The third-order valence-corrected chi connectivity index (χ3v) is 3.80. The Morgan fingerprint density at radius 1 is 1.00 bits per heavy atom. The molecule has 0 aliphatic heterocycles. The van der Waals surface area contributed by atoms with Crippen LogP contribution >= 0.6 is 11.6 Å². The summed E-state index contributed by atoms with van der Waals surface area (Å²) in [5.74, 6) is -0.205. The molecule has 2 aromatic carbocycles. The molecular formula is C16H12ClFO. The third kappa shape index (κ3) is 2.28. The molecule has 1 aliphatic carbocycles. The molecule has 0 N–H and O–H groups in total. The number of Topliss-reactive ketones (excluding diaryl/α,β-unsaturated/α-hetero) is 1. The van der Waals surface area contributed by atoms with E-state index in [2.05, 4.69) is 0 Å². The lowest BCUT2D eigenvalue weighted by atomic mass is 9.88. The maximum absolute atomic E-state index is 13.2. The Labute approximate surface area is 116 Å². The standard InChI is InChI=1S/C16H12ClFO/c17-14-9-11(5-7-15(14)18)10-4-6-13-12(8-10)2-1-3-16(13)19/h4-9H,1-3H2. The third-order valence-electron chi connectivity index (χ3n) is 3.51. The van der Waals surface area contributed by atoms with Gasteiger partial charge in [0.2, 0.25) is 0 Å². The fourth-order valence-corrected chi connectivity index (χ4v) is 2.68. The van der Waals surface area contributed by atoms with Crippen molar-refractivity contribution in [3.8, 4) is 11.1 Å². The maximum Gasteiger partial charge on any atom is 0.163 e. The Balaban J connectivity index is 2.06. The molecule has 0 fully saturated rings. The van der Waals surface area contributed by atoms with Crippen molar-refractivity contribution in [2.45, 2.75) is 19.3 Å². The molecule has 0 radical (unpaired) electrons. The van der Waals surface area contributed by atoms with Gasteiger partial charge in [-0.3, -0.25) is 4.79 Å². The number of benzene rings is 2. The van der Waals surface area contributed by atoms with Crippen molar-refractivity contribution in [3.05, 3.63) is 58.4 Å². The summed E-state index contributed by atoms with van der Waals surface area (Å²) in [4.78, 5) is 11.8. The average molecular weight is 275 g/mol. The Morgan fingerprint density at radius 3 is 2.53 bits per heavy atom. The smallest absolute Gasteiger partial charge is 0.163 e. The van der Waals surface area contributed by atoms with Gasteiger partial charge in [0, 0.05) is 12.0 Å². The van der Waals surface area contributed by atoms with Gasteiger partial charge < -0.3 is 0 Å². The normalized spacial score (nSPS) is 14.3. The van der Waals surface area contributed by atoms with Crippen LogP contribution in [0.4, 0.5) is 4.39 Å². The highest BCUT2D eigenvalue weighted by molar-refractivity contribution is 6.31. The highest BCUT2D eigenvalue weighted by atomic mass is 35.5. The summed E-state index contributed by atoms with van der Waals surface area (Å²) in [5.41, 5.74) is 3.74. The van der Waals surface area contributed by atoms with Crippen molar-refractivity contribution in [2.24, 2.45) is 0 Å². The SMILES string of the molecule is O=C1CCCc2cc(-c3ccc(F)c(Cl)c3)ccc21. The molecule has 96 valence electrons. The molecule has 19 heavy (non-hydrogen) atoms. The predicted octanol–water partition coefficient (Wildman–Crippen LogP) is 4.67. The Hall–Kier alpha value is -1.67. The largest absolute Gasteiger partial charge is 0.294 e. The molecule has 0 bridgehead atoms. The van der Waals surface area contributed by atoms with E-state index in [9.17, 15) is 9.18 Å². The van der Waals surface area contributed by atoms with Crippen molar-refractivity contribution in [1.82, 2.24) is 0 Å². The van der Waals surface area contributed by atoms with Crippen LogP contribution in [0.3, 0.4) is 0 Å². The van der Waals surface area contributed by atoms with Crippen LogP contribution in [0.15, 0.2) is 36.4 Å². The summed E-state index contributed by atoms with van der Waals surface area (Å²) < 4.78 is 13.2. The number of fused-ring (bicyclic) bond motifs is 1. The monoisotopic (exact) mass is 274 g/mol. The first-order valence-corrected chi connectivity index (χ1v) is 6.64. The summed E-state index contributed by atoms with van der Waals surface area (Å²) in [5, 5.41) is 0.117. The van der Waals surface area contributed by atoms with E-state index in [0.29, 0.717) is 6.42 Å². The van der Waals surface area contributed by atoms with E-state index in [1.165, 1.54) is 6.07 Å². The van der Waals surface area contributed by atoms with Gasteiger partial charge >= 0.3 is 0 Å². The molecule has 0 aromatic heterocycles. The lowest BCUT2D eigenvalue weighted by Gasteiger charge is -2.15. The number of hydrogen-bond donors (Lipinski definition) is 0. The second kappa shape index (κ2) is 4.78. The van der Waals surface area contributed by atoms with E-state index in [1.54, 1.807) is 12.1 Å². The topological polar surface area (TPSA) is 17.1 Å². The van der Waals surface area contributed by atoms with Crippen LogP contribution in [0.25, 0.3) is 11.1 Å². The van der Waals surface area contributed by atoms with Gasteiger partial charge in [-0.2, -0.15) is 0 Å². The molecule has 0 unspecified atom stereocenters. The quantitative estimate of drug-likeness (QED) is 0.739. The minimum absolute atomic E-state index is 0.117. The summed E-state index contributed by atoms with van der Waals surface area (Å²) in [6.45, 7) is 0. The van der Waals surface area contributed by atoms with Crippen molar-refractivity contribution < 1.29 is 9.18 Å². The van der Waals surface area contributed by atoms with Crippen molar-refractivity contribution in [1.29, 1.82) is 0 Å². The van der Waals surface area contributed by atoms with Crippen LogP contribution in [0.1, 0.15) is 28.8 Å². The second-order valence-electron chi connectivity index (χ2n) is 4.78. The minimum atomic E-state index is -0.418. The van der Waals surface area contributed by atoms with Gasteiger partial charge in [0.25, 0.3) is 0 Å². The number of aryl methyl sites for hydroxylation is 1. The van der Waals surface area contributed by atoms with E-state index in [4.69, 9.17) is 11.6 Å². The van der Waals surface area contributed by atoms with Crippen LogP contribution in [0.2, 0.25) is 5.02 Å². The molecule has 0 atom stereocenters. The van der Waals surface area contributed by atoms with Gasteiger partial charge in [0.1, 0.15) is 5.82 Å². The number of carbonyl (C=O) groups excluding carboxylic acids is 1. The molecule has 3 heteroatoms. The molecule has 1 aliphatic rings. The summed E-state index contributed by atoms with van der Waals surface area (Å²) >= 11 is 5.80. The van der Waals surface area contributed by atoms with Crippen LogP contribution < -0.4 is 0 Å². The van der Waals surface area contributed by atoms with Gasteiger partial charge in [0.05, 0.1) is 5.02 Å². The van der Waals surface area contributed by atoms with Crippen molar-refractivity contribution in [2.75, 3.05) is 0 Å². The number of rotatable bonds is 1. The Morgan fingerprint density at radius 2 is 1.74 bits per heavy atom. The Kier molecular flexibility index (Phi) is 3.11. The zero-order chi connectivity index (χ0) is 13.4. The van der Waals surface area contributed by atoms with Crippen LogP contribution in [0.5, 0.6) is 0 Å². The summed E-state index contributed by atoms with van der Waals surface area (Å²) in [6, 6.07) is 10.4. The highest BCUT2D eigenvalue weighted by Crippen LogP contribution is 2.29. The van der Waals surface area contributed by atoms with Crippen molar-refractivity contribution in [3.63, 3.8) is 0 Å². The average Bonchev–Trinajstić information content (AvgIpc) is 2.42. The number of carbonyl (C=O) groups is 1. The van der Waals surface area contributed by atoms with Gasteiger partial charge in [-0.25, -0.2) is 4.39 Å². The van der Waals surface area contributed by atoms with Gasteiger partial charge in [0.15, 0.2) is 5.78 Å². The Bertz CT molecular complexity index is 664. The molecule has 0 spiro atoms. The second-order valence-corrected chi connectivity index (χ2v) is 5.18. The predicted molar refractivity (Wildman–Crippen MR) is 74.1 cm³/mol. The van der Waals surface area contributed by atoms with Crippen LogP contribution in [-0.2, 0) is 6.42 Å². The fourth-order valence-electron chi connectivity index (χ4n) is 2.50. The molecule has 0 amide bonds. The zero-order valence-corrected chi connectivity index (χ0v) is 11.0. The van der Waals surface area contributed by atoms with E-state index in [0.717, 1.165) is 35.1 Å². The van der Waals surface area contributed by atoms with Crippen molar-refractivity contribution >= 4 is 17.4 Å². The summed E-state index contributed by atoms with van der Waals surface area (Å²) in [7, 11) is 0. The molecule has 0 saturated carbocycles. The van der Waals surface area contributed by atoms with Crippen LogP contribution in [0, 0.1) is 5.82 Å². The lowest BCUT2D eigenvalue weighted by Crippen LogP contribution is -2.10. The first-order valence-electron chi connectivity index (χ1n) is 6.27. The van der Waals surface area contributed by atoms with E-state index in [-0.39, 0.29) is 10.8 Å². The first-order chi connectivity index (χ1) is 9.15. The maximum atomic E-state index is 13.2. The van der Waals surface area contributed by atoms with E-state index >= 15 is 0 Å². The van der Waals surface area contributed by atoms with E-state index in [1.807, 2.05) is 18.2 Å². The van der Waals surface area contributed by atoms with E-state index < -0.39 is 5.82 Å². The number of halogens is 2. The molecular weight excluding hydrogens is 263 g/mol. The fraction of sp³-hybridized carbons (Fsp3) is 0.188. The van der Waals surface area contributed by atoms with Gasteiger partial charge in [-0.05, 0) is 41.7 Å². The highest BCUT2D eigenvalue weighted by Gasteiger charge is 2.17. The zero-order valence-electron chi connectivity index (χ0n) is 10.2. The molecule has 0 saturated heterocycles. The summed E-state index contributed by atoms with van der Waals surface area (Å²) in [6.07, 6.45) is 2.46. The minimum Gasteiger partial charge on any atom is -0.294 e. The number of ketones is 1. The number of hydrogen-bond acceptors (Lipinski definition) is 1. The van der Waals surface area contributed by atoms with Gasteiger partial charge in [-0.1, -0.05) is 35.9 Å². The molecule has 2 aromatic rings. The molecule has 0 heterocycles. The molecule has 1 nitrogen and oxygen atoms in total. The lowest BCUT2D eigenvalue weighted by molar-refractivity contribution is 0.0972. The first kappa shape index (κ1) is 12.4.